The summed E-state index contributed by atoms with van der Waals surface area (Å²) in [6.45, 7) is 11.8. The summed E-state index contributed by atoms with van der Waals surface area (Å²) in [5.74, 6) is -0.817. The van der Waals surface area contributed by atoms with Crippen molar-refractivity contribution in [2.24, 2.45) is 0 Å². The molecule has 1 aliphatic rings. The third kappa shape index (κ3) is 4.83. The van der Waals surface area contributed by atoms with Crippen molar-refractivity contribution in [2.45, 2.75) is 26.3 Å². The molecule has 0 amide bonds. The van der Waals surface area contributed by atoms with Crippen molar-refractivity contribution >= 4 is 5.97 Å². The van der Waals surface area contributed by atoms with Gasteiger partial charge in [-0.2, -0.15) is 0 Å². The third-order valence-corrected chi connectivity index (χ3v) is 2.31. The first-order valence-corrected chi connectivity index (χ1v) is 5.78. The number of carboxylic acid groups (broad SMARTS) is 1. The van der Waals surface area contributed by atoms with Crippen LogP contribution in [0.15, 0.2) is 48.6 Å². The van der Waals surface area contributed by atoms with Crippen molar-refractivity contribution in [3.05, 3.63) is 48.6 Å². The predicted octanol–water partition coefficient (Wildman–Crippen LogP) is 2.68. The fraction of sp³-hybridized carbons (Fsp3) is 0.357. The summed E-state index contributed by atoms with van der Waals surface area (Å²) in [6, 6.07) is -0.502. The molecule has 1 unspecified atom stereocenters. The highest BCUT2D eigenvalue weighted by Crippen LogP contribution is 2.21. The van der Waals surface area contributed by atoms with Crippen LogP contribution in [0.25, 0.3) is 0 Å². The zero-order valence-electron chi connectivity index (χ0n) is 10.6. The third-order valence-electron chi connectivity index (χ3n) is 2.31. The second-order valence-corrected chi connectivity index (χ2v) is 3.33. The Morgan fingerprint density at radius 2 is 1.82 bits per heavy atom. The number of rotatable bonds is 3. The topological polar surface area (TPSA) is 49.3 Å². The molecule has 1 aliphatic heterocycles. The summed E-state index contributed by atoms with van der Waals surface area (Å²) in [5, 5.41) is 11.8. The average Bonchev–Trinajstić information content (AvgIpc) is 2.34. The molecular formula is C14H21NO2. The van der Waals surface area contributed by atoms with Crippen LogP contribution >= 0.6 is 0 Å². The lowest BCUT2D eigenvalue weighted by Crippen LogP contribution is -2.42. The lowest BCUT2D eigenvalue weighted by molar-refractivity contribution is -0.139. The van der Waals surface area contributed by atoms with Crippen molar-refractivity contribution in [1.82, 2.24) is 5.32 Å². The van der Waals surface area contributed by atoms with E-state index in [9.17, 15) is 4.79 Å². The smallest absolute Gasteiger partial charge is 0.321 e. The molecule has 0 bridgehead atoms. The molecule has 0 aromatic carbocycles. The van der Waals surface area contributed by atoms with Gasteiger partial charge in [-0.05, 0) is 17.6 Å². The van der Waals surface area contributed by atoms with Gasteiger partial charge < -0.3 is 10.4 Å². The first-order valence-electron chi connectivity index (χ1n) is 5.78. The fourth-order valence-corrected chi connectivity index (χ4v) is 1.57. The van der Waals surface area contributed by atoms with Gasteiger partial charge in [0.1, 0.15) is 6.04 Å². The monoisotopic (exact) mass is 235 g/mol. The molecule has 3 heteroatoms. The Morgan fingerprint density at radius 3 is 2.29 bits per heavy atom. The summed E-state index contributed by atoms with van der Waals surface area (Å²) < 4.78 is 0. The standard InChI is InChI=1S/C12H15NO2.C2H6/c1-3-5-9-7-11(12(14)15)13-8-10(9)6-4-2;1-2/h3-6,11,13H,1-2,7-8H2,(H,14,15);1-2H3/b9-5-,10-6-;. The Bertz CT molecular complexity index is 340. The molecule has 0 aromatic rings. The van der Waals surface area contributed by atoms with Crippen LogP contribution in [0.2, 0.25) is 0 Å². The van der Waals surface area contributed by atoms with Gasteiger partial charge in [-0.1, -0.05) is 51.3 Å². The van der Waals surface area contributed by atoms with Crippen LogP contribution in [0.5, 0.6) is 0 Å². The lowest BCUT2D eigenvalue weighted by atomic mass is 9.93. The molecule has 0 radical (unpaired) electrons. The van der Waals surface area contributed by atoms with Crippen molar-refractivity contribution in [2.75, 3.05) is 6.54 Å². The molecular weight excluding hydrogens is 214 g/mol. The highest BCUT2D eigenvalue weighted by Gasteiger charge is 2.24. The molecule has 1 heterocycles. The minimum atomic E-state index is -0.817. The highest BCUT2D eigenvalue weighted by molar-refractivity contribution is 5.75. The molecule has 1 fully saturated rings. The molecule has 0 saturated carbocycles. The summed E-state index contributed by atoms with van der Waals surface area (Å²) in [4.78, 5) is 10.8. The maximum atomic E-state index is 10.8. The number of nitrogens with one attached hydrogen (secondary N) is 1. The van der Waals surface area contributed by atoms with E-state index in [0.29, 0.717) is 13.0 Å². The van der Waals surface area contributed by atoms with Gasteiger partial charge in [-0.15, -0.1) is 0 Å². The molecule has 3 nitrogen and oxygen atoms in total. The van der Waals surface area contributed by atoms with E-state index in [4.69, 9.17) is 5.11 Å². The van der Waals surface area contributed by atoms with Crippen LogP contribution in [-0.2, 0) is 4.79 Å². The normalized spacial score (nSPS) is 23.8. The Balaban J connectivity index is 0.00000121. The largest absolute Gasteiger partial charge is 0.480 e. The van der Waals surface area contributed by atoms with E-state index in [-0.39, 0.29) is 0 Å². The van der Waals surface area contributed by atoms with Crippen molar-refractivity contribution in [3.8, 4) is 0 Å². The fourth-order valence-electron chi connectivity index (χ4n) is 1.57. The van der Waals surface area contributed by atoms with E-state index in [2.05, 4.69) is 18.5 Å². The number of allylic oxidation sites excluding steroid dienone is 4. The quantitative estimate of drug-likeness (QED) is 0.790. The minimum absolute atomic E-state index is 0.487. The molecule has 2 N–H and O–H groups in total. The van der Waals surface area contributed by atoms with E-state index in [1.807, 2.05) is 26.0 Å². The van der Waals surface area contributed by atoms with Gasteiger partial charge in [-0.3, -0.25) is 4.79 Å². The molecule has 1 rings (SSSR count). The van der Waals surface area contributed by atoms with Crippen LogP contribution in [0.1, 0.15) is 20.3 Å². The summed E-state index contributed by atoms with van der Waals surface area (Å²) in [7, 11) is 0. The van der Waals surface area contributed by atoms with Crippen LogP contribution in [0.4, 0.5) is 0 Å². The summed E-state index contributed by atoms with van der Waals surface area (Å²) >= 11 is 0. The SMILES string of the molecule is C=C/C=C1/CC(C(=O)O)NC/C1=C/C=C.CC. The molecule has 94 valence electrons. The van der Waals surface area contributed by atoms with Crippen molar-refractivity contribution in [3.63, 3.8) is 0 Å². The second kappa shape index (κ2) is 8.53. The molecule has 1 saturated heterocycles. The number of hydrogen-bond acceptors (Lipinski definition) is 2. The van der Waals surface area contributed by atoms with Gasteiger partial charge in [0.2, 0.25) is 0 Å². The van der Waals surface area contributed by atoms with E-state index < -0.39 is 12.0 Å². The summed E-state index contributed by atoms with van der Waals surface area (Å²) in [5.41, 5.74) is 2.08. The number of carboxylic acids is 1. The second-order valence-electron chi connectivity index (χ2n) is 3.33. The van der Waals surface area contributed by atoms with E-state index >= 15 is 0 Å². The number of piperidine rings is 1. The predicted molar refractivity (Wildman–Crippen MR) is 72.0 cm³/mol. The van der Waals surface area contributed by atoms with Gasteiger partial charge in [-0.25, -0.2) is 0 Å². The van der Waals surface area contributed by atoms with Gasteiger partial charge in [0.15, 0.2) is 0 Å². The van der Waals surface area contributed by atoms with Crippen LogP contribution in [0, 0.1) is 0 Å². The van der Waals surface area contributed by atoms with Gasteiger partial charge >= 0.3 is 5.97 Å². The summed E-state index contributed by atoms with van der Waals surface area (Å²) in [6.07, 6.45) is 7.61. The van der Waals surface area contributed by atoms with Gasteiger partial charge in [0.25, 0.3) is 0 Å². The van der Waals surface area contributed by atoms with Crippen molar-refractivity contribution < 1.29 is 9.90 Å². The Labute approximate surface area is 103 Å². The van der Waals surface area contributed by atoms with Gasteiger partial charge in [0, 0.05) is 6.54 Å². The van der Waals surface area contributed by atoms with E-state index in [1.54, 1.807) is 12.2 Å². The van der Waals surface area contributed by atoms with E-state index in [0.717, 1.165) is 11.1 Å². The van der Waals surface area contributed by atoms with E-state index in [1.165, 1.54) is 0 Å². The zero-order valence-corrected chi connectivity index (χ0v) is 10.6. The number of hydrogen-bond donors (Lipinski definition) is 2. The highest BCUT2D eigenvalue weighted by atomic mass is 16.4. The molecule has 0 aliphatic carbocycles. The molecule has 0 spiro atoms. The molecule has 0 aromatic heterocycles. The maximum Gasteiger partial charge on any atom is 0.321 e. The first kappa shape index (κ1) is 15.4. The van der Waals surface area contributed by atoms with Gasteiger partial charge in [0.05, 0.1) is 0 Å². The Morgan fingerprint density at radius 1 is 1.29 bits per heavy atom. The zero-order chi connectivity index (χ0) is 13.3. The van der Waals surface area contributed by atoms with Crippen molar-refractivity contribution in [1.29, 1.82) is 0 Å². The van der Waals surface area contributed by atoms with Crippen LogP contribution in [0.3, 0.4) is 0 Å². The van der Waals surface area contributed by atoms with Crippen LogP contribution in [-0.4, -0.2) is 23.7 Å². The Hall–Kier alpha value is -1.61. The molecule has 17 heavy (non-hydrogen) atoms. The number of carbonyl (C=O) groups is 1. The number of aliphatic carboxylic acids is 1. The lowest BCUT2D eigenvalue weighted by Gasteiger charge is -2.25. The first-order chi connectivity index (χ1) is 8.19. The maximum absolute atomic E-state index is 10.8. The average molecular weight is 235 g/mol. The Kier molecular flexibility index (Phi) is 7.72. The molecule has 1 atom stereocenters. The van der Waals surface area contributed by atoms with Crippen LogP contribution < -0.4 is 5.32 Å². The minimum Gasteiger partial charge on any atom is -0.480 e.